The Morgan fingerprint density at radius 1 is 0.673 bits per heavy atom. The molecule has 0 saturated carbocycles. The topological polar surface area (TPSA) is 29.5 Å². The number of aryl methyl sites for hydroxylation is 1. The maximum absolute atomic E-state index is 11.4. The predicted molar refractivity (Wildman–Crippen MR) is 233 cm³/mol. The van der Waals surface area contributed by atoms with Crippen LogP contribution in [0.25, 0.3) is 6.08 Å². The van der Waals surface area contributed by atoms with Crippen molar-refractivity contribution in [1.82, 2.24) is 0 Å². The third-order valence-electron chi connectivity index (χ3n) is 9.85. The van der Waals surface area contributed by atoms with Gasteiger partial charge < -0.3 is 9.84 Å². The van der Waals surface area contributed by atoms with Crippen molar-refractivity contribution >= 4 is 29.6 Å². The second-order valence-corrected chi connectivity index (χ2v) is 23.4. The molecule has 286 valence electrons. The SMILES string of the molecule is C=C(Oc1c(C(C)(C)C)cc(SC(C)(C)Sc2cc(C(C)(C)C)c(O)c(C(C)(C)C)c2)cc1C(C)(C)C)C(C)C(C)=Cc1ccc(C(C)C)cc1C. The number of aromatic hydroxyl groups is 1. The van der Waals surface area contributed by atoms with Gasteiger partial charge in [0.2, 0.25) is 0 Å². The highest BCUT2D eigenvalue weighted by atomic mass is 32.2. The summed E-state index contributed by atoms with van der Waals surface area (Å²) in [6.07, 6.45) is 2.29. The minimum atomic E-state index is -0.195. The van der Waals surface area contributed by atoms with E-state index in [0.717, 1.165) is 22.6 Å². The molecule has 0 heterocycles. The summed E-state index contributed by atoms with van der Waals surface area (Å²) in [5.74, 6) is 2.66. The number of hydrogen-bond donors (Lipinski definition) is 1. The van der Waals surface area contributed by atoms with Gasteiger partial charge in [0, 0.05) is 38.0 Å². The Balaban J connectivity index is 2.05. The molecular formula is C48H70O2S2. The molecule has 0 aliphatic heterocycles. The number of benzene rings is 3. The Morgan fingerprint density at radius 2 is 1.08 bits per heavy atom. The van der Waals surface area contributed by atoms with Crippen molar-refractivity contribution in [2.75, 3.05) is 0 Å². The van der Waals surface area contributed by atoms with Gasteiger partial charge in [-0.05, 0) is 96.2 Å². The summed E-state index contributed by atoms with van der Waals surface area (Å²) in [5, 5.41) is 11.4. The molecule has 0 aliphatic rings. The molecule has 3 aromatic carbocycles. The Morgan fingerprint density at radius 3 is 1.44 bits per heavy atom. The molecule has 4 heteroatoms. The summed E-state index contributed by atoms with van der Waals surface area (Å²) in [4.78, 5) is 2.40. The van der Waals surface area contributed by atoms with Gasteiger partial charge in [0.15, 0.2) is 0 Å². The highest BCUT2D eigenvalue weighted by molar-refractivity contribution is 8.18. The summed E-state index contributed by atoms with van der Waals surface area (Å²) in [6, 6.07) is 15.9. The van der Waals surface area contributed by atoms with Gasteiger partial charge in [-0.2, -0.15) is 0 Å². The monoisotopic (exact) mass is 742 g/mol. The standard InChI is InChI=1S/C48H70O2S2/c1-29(2)34-21-22-35(31(4)24-34)23-30(3)32(5)33(6)50-43-40(46(13,14)15)27-37(28-41(43)47(16,17)18)52-48(19,20)51-36-25-38(44(7,8)9)42(49)39(26-36)45(10,11)12/h21-29,32,49H,6H2,1-5,7-20H3. The molecule has 0 saturated heterocycles. The van der Waals surface area contributed by atoms with Crippen molar-refractivity contribution in [3.63, 3.8) is 0 Å². The number of hydrogen-bond acceptors (Lipinski definition) is 4. The average molecular weight is 743 g/mol. The first-order valence-electron chi connectivity index (χ1n) is 19.0. The number of phenols is 1. The second-order valence-electron chi connectivity index (χ2n) is 19.8. The largest absolute Gasteiger partial charge is 0.507 e. The van der Waals surface area contributed by atoms with E-state index in [1.54, 1.807) is 0 Å². The number of ether oxygens (including phenoxy) is 1. The zero-order valence-corrected chi connectivity index (χ0v) is 37.8. The van der Waals surface area contributed by atoms with Gasteiger partial charge in [0.05, 0.1) is 4.08 Å². The number of phenolic OH excluding ortho intramolecular Hbond substituents is 1. The van der Waals surface area contributed by atoms with Crippen LogP contribution in [0.4, 0.5) is 0 Å². The van der Waals surface area contributed by atoms with Crippen molar-refractivity contribution in [2.45, 2.75) is 173 Å². The quantitative estimate of drug-likeness (QED) is 0.127. The fourth-order valence-electron chi connectivity index (χ4n) is 6.35. The zero-order valence-electron chi connectivity index (χ0n) is 36.2. The third-order valence-corrected chi connectivity index (χ3v) is 12.3. The lowest BCUT2D eigenvalue weighted by Gasteiger charge is -2.33. The summed E-state index contributed by atoms with van der Waals surface area (Å²) in [5.41, 5.74) is 8.82. The Labute approximate surface area is 327 Å². The van der Waals surface area contributed by atoms with Crippen LogP contribution in [-0.4, -0.2) is 9.19 Å². The molecule has 0 aromatic heterocycles. The number of thioether (sulfide) groups is 2. The zero-order chi connectivity index (χ0) is 39.9. The lowest BCUT2D eigenvalue weighted by atomic mass is 9.79. The van der Waals surface area contributed by atoms with Gasteiger partial charge in [-0.1, -0.05) is 140 Å². The Bertz CT molecular complexity index is 1720. The first kappa shape index (κ1) is 43.8. The highest BCUT2D eigenvalue weighted by Gasteiger charge is 2.33. The van der Waals surface area contributed by atoms with Crippen LogP contribution in [0.15, 0.2) is 70.2 Å². The summed E-state index contributed by atoms with van der Waals surface area (Å²) in [7, 11) is 0. The molecule has 0 bridgehead atoms. The van der Waals surface area contributed by atoms with E-state index in [-0.39, 0.29) is 31.7 Å². The van der Waals surface area contributed by atoms with Crippen LogP contribution >= 0.6 is 23.5 Å². The average Bonchev–Trinajstić information content (AvgIpc) is 2.96. The van der Waals surface area contributed by atoms with E-state index in [1.165, 1.54) is 43.2 Å². The maximum atomic E-state index is 11.4. The summed E-state index contributed by atoms with van der Waals surface area (Å²) in [6.45, 7) is 46.9. The third kappa shape index (κ3) is 11.0. The van der Waals surface area contributed by atoms with E-state index in [2.05, 4.69) is 187 Å². The van der Waals surface area contributed by atoms with Crippen LogP contribution in [0.2, 0.25) is 0 Å². The summed E-state index contributed by atoms with van der Waals surface area (Å²) >= 11 is 3.75. The van der Waals surface area contributed by atoms with Crippen molar-refractivity contribution in [3.05, 3.63) is 99.3 Å². The van der Waals surface area contributed by atoms with E-state index in [1.807, 2.05) is 23.5 Å². The molecule has 1 atom stereocenters. The molecule has 3 rings (SSSR count). The molecule has 52 heavy (non-hydrogen) atoms. The van der Waals surface area contributed by atoms with Crippen molar-refractivity contribution < 1.29 is 9.84 Å². The smallest absolute Gasteiger partial charge is 0.134 e. The van der Waals surface area contributed by atoms with E-state index in [0.29, 0.717) is 11.7 Å². The molecule has 0 aliphatic carbocycles. The molecule has 1 unspecified atom stereocenters. The van der Waals surface area contributed by atoms with Crippen LogP contribution < -0.4 is 4.74 Å². The van der Waals surface area contributed by atoms with Crippen molar-refractivity contribution in [1.29, 1.82) is 0 Å². The highest BCUT2D eigenvalue weighted by Crippen LogP contribution is 2.51. The van der Waals surface area contributed by atoms with Gasteiger partial charge >= 0.3 is 0 Å². The van der Waals surface area contributed by atoms with Crippen molar-refractivity contribution in [3.8, 4) is 11.5 Å². The van der Waals surface area contributed by atoms with Crippen LogP contribution in [0.3, 0.4) is 0 Å². The van der Waals surface area contributed by atoms with Crippen LogP contribution in [-0.2, 0) is 21.7 Å². The lowest BCUT2D eigenvalue weighted by Crippen LogP contribution is -2.21. The first-order valence-corrected chi connectivity index (χ1v) is 20.7. The molecule has 3 aromatic rings. The molecule has 0 fully saturated rings. The van der Waals surface area contributed by atoms with Gasteiger partial charge in [0.25, 0.3) is 0 Å². The first-order chi connectivity index (χ1) is 23.4. The Kier molecular flexibility index (Phi) is 13.2. The normalized spacial score (nSPS) is 14.2. The number of allylic oxidation sites excluding steroid dienone is 1. The molecule has 1 N–H and O–H groups in total. The molecule has 0 radical (unpaired) electrons. The minimum Gasteiger partial charge on any atom is -0.507 e. The number of rotatable bonds is 10. The minimum absolute atomic E-state index is 0.0375. The molecule has 2 nitrogen and oxygen atoms in total. The van der Waals surface area contributed by atoms with Crippen LogP contribution in [0.1, 0.15) is 169 Å². The molecule has 0 spiro atoms. The van der Waals surface area contributed by atoms with Gasteiger partial charge in [-0.3, -0.25) is 0 Å². The molecule has 0 amide bonds. The van der Waals surface area contributed by atoms with E-state index < -0.39 is 0 Å². The lowest BCUT2D eigenvalue weighted by molar-refractivity contribution is 0.355. The predicted octanol–water partition coefficient (Wildman–Crippen LogP) is 15.3. The summed E-state index contributed by atoms with van der Waals surface area (Å²) < 4.78 is 6.74. The molecular weight excluding hydrogens is 673 g/mol. The van der Waals surface area contributed by atoms with Crippen molar-refractivity contribution in [2.24, 2.45) is 5.92 Å². The second kappa shape index (κ2) is 15.7. The van der Waals surface area contributed by atoms with Gasteiger partial charge in [0.1, 0.15) is 17.3 Å². The Hall–Kier alpha value is -2.56. The van der Waals surface area contributed by atoms with Gasteiger partial charge in [-0.15, -0.1) is 23.5 Å². The van der Waals surface area contributed by atoms with Gasteiger partial charge in [-0.25, -0.2) is 0 Å². The van der Waals surface area contributed by atoms with Crippen LogP contribution in [0.5, 0.6) is 11.5 Å². The van der Waals surface area contributed by atoms with Crippen LogP contribution in [0, 0.1) is 12.8 Å². The fourth-order valence-corrected chi connectivity index (χ4v) is 8.93. The fraction of sp³-hybridized carbons (Fsp3) is 0.542. The maximum Gasteiger partial charge on any atom is 0.134 e. The van der Waals surface area contributed by atoms with E-state index in [9.17, 15) is 5.11 Å². The van der Waals surface area contributed by atoms with E-state index >= 15 is 0 Å². The van der Waals surface area contributed by atoms with E-state index in [4.69, 9.17) is 4.74 Å².